The van der Waals surface area contributed by atoms with Crippen LogP contribution in [0.4, 0.5) is 0 Å². The van der Waals surface area contributed by atoms with E-state index < -0.39 is 18.5 Å². The Labute approximate surface area is 143 Å². The number of amides is 1. The summed E-state index contributed by atoms with van der Waals surface area (Å²) in [6.07, 6.45) is 0.189. The molecular weight excluding hydrogens is 332 g/mol. The van der Waals surface area contributed by atoms with E-state index in [1.54, 1.807) is 19.1 Å². The van der Waals surface area contributed by atoms with E-state index in [0.29, 0.717) is 11.4 Å². The number of nitrogens with one attached hydrogen (secondary N) is 1. The van der Waals surface area contributed by atoms with Crippen molar-refractivity contribution in [2.24, 2.45) is 0 Å². The second kappa shape index (κ2) is 8.13. The van der Waals surface area contributed by atoms with E-state index in [0.717, 1.165) is 0 Å². The molecule has 0 aliphatic carbocycles. The van der Waals surface area contributed by atoms with Gasteiger partial charge >= 0.3 is 5.97 Å². The summed E-state index contributed by atoms with van der Waals surface area (Å²) in [5.74, 6) is -1.21. The highest BCUT2D eigenvalue weighted by Crippen LogP contribution is 2.24. The van der Waals surface area contributed by atoms with Crippen LogP contribution in [-0.4, -0.2) is 34.8 Å². The van der Waals surface area contributed by atoms with Gasteiger partial charge in [-0.3, -0.25) is 4.79 Å². The summed E-state index contributed by atoms with van der Waals surface area (Å²) >= 11 is 6.24. The Morgan fingerprint density at radius 3 is 2.75 bits per heavy atom. The Morgan fingerprint density at radius 1 is 1.38 bits per heavy atom. The van der Waals surface area contributed by atoms with Gasteiger partial charge in [0.25, 0.3) is 5.91 Å². The number of carbonyl (C=O) groups excluding carboxylic acids is 2. The first-order valence-corrected chi connectivity index (χ1v) is 7.53. The highest BCUT2D eigenvalue weighted by atomic mass is 35.5. The molecule has 124 valence electrons. The van der Waals surface area contributed by atoms with Gasteiger partial charge in [0.2, 0.25) is 0 Å². The summed E-state index contributed by atoms with van der Waals surface area (Å²) in [5, 5.41) is 15.2. The Kier molecular flexibility index (Phi) is 5.93. The van der Waals surface area contributed by atoms with Crippen molar-refractivity contribution in [3.05, 3.63) is 46.7 Å². The molecule has 1 N–H and O–H groups in total. The van der Waals surface area contributed by atoms with Gasteiger partial charge in [-0.25, -0.2) is 9.48 Å². The molecular formula is C16H15ClN4O3. The van der Waals surface area contributed by atoms with Crippen molar-refractivity contribution in [3.63, 3.8) is 0 Å². The van der Waals surface area contributed by atoms with Crippen LogP contribution in [0.5, 0.6) is 0 Å². The van der Waals surface area contributed by atoms with Crippen LogP contribution in [0.25, 0.3) is 5.69 Å². The number of rotatable bonds is 6. The first kappa shape index (κ1) is 17.5. The standard InChI is InChI=1S/C16H15ClN4O3/c1-11-14(16(23)24-10-13(22)19-9-5-8-18)15(17)21(20-11)12-6-3-2-4-7-12/h2-4,6-7H,5,9-10H2,1H3,(H,19,22). The molecule has 0 aliphatic heterocycles. The predicted octanol–water partition coefficient (Wildman–Crippen LogP) is 2.02. The lowest BCUT2D eigenvalue weighted by Gasteiger charge is -2.05. The maximum absolute atomic E-state index is 12.2. The number of ether oxygens (including phenoxy) is 1. The fourth-order valence-corrected chi connectivity index (χ4v) is 2.33. The van der Waals surface area contributed by atoms with E-state index in [-0.39, 0.29) is 23.7 Å². The molecule has 2 rings (SSSR count). The largest absolute Gasteiger partial charge is 0.452 e. The van der Waals surface area contributed by atoms with Gasteiger partial charge in [-0.15, -0.1) is 0 Å². The van der Waals surface area contributed by atoms with E-state index in [2.05, 4.69) is 10.4 Å². The van der Waals surface area contributed by atoms with Gasteiger partial charge in [-0.1, -0.05) is 29.8 Å². The highest BCUT2D eigenvalue weighted by Gasteiger charge is 2.23. The van der Waals surface area contributed by atoms with Crippen molar-refractivity contribution in [2.75, 3.05) is 13.2 Å². The molecule has 0 atom stereocenters. The lowest BCUT2D eigenvalue weighted by molar-refractivity contribution is -0.124. The molecule has 1 amide bonds. The Morgan fingerprint density at radius 2 is 2.08 bits per heavy atom. The van der Waals surface area contributed by atoms with Crippen molar-refractivity contribution in [3.8, 4) is 11.8 Å². The average molecular weight is 347 g/mol. The number of nitrogens with zero attached hydrogens (tertiary/aromatic N) is 3. The molecule has 0 spiro atoms. The van der Waals surface area contributed by atoms with Crippen LogP contribution in [0.3, 0.4) is 0 Å². The van der Waals surface area contributed by atoms with Crippen molar-refractivity contribution in [1.29, 1.82) is 5.26 Å². The number of benzene rings is 1. The van der Waals surface area contributed by atoms with Crippen molar-refractivity contribution >= 4 is 23.5 Å². The molecule has 0 bridgehead atoms. The fraction of sp³-hybridized carbons (Fsp3) is 0.250. The molecule has 8 heteroatoms. The number of halogens is 1. The molecule has 0 radical (unpaired) electrons. The van der Waals surface area contributed by atoms with Gasteiger partial charge in [0.1, 0.15) is 10.7 Å². The molecule has 0 saturated heterocycles. The molecule has 0 aliphatic rings. The molecule has 1 heterocycles. The highest BCUT2D eigenvalue weighted by molar-refractivity contribution is 6.33. The van der Waals surface area contributed by atoms with E-state index in [9.17, 15) is 9.59 Å². The smallest absolute Gasteiger partial charge is 0.343 e. The van der Waals surface area contributed by atoms with Crippen LogP contribution >= 0.6 is 11.6 Å². The van der Waals surface area contributed by atoms with E-state index in [4.69, 9.17) is 21.6 Å². The lowest BCUT2D eigenvalue weighted by Crippen LogP contribution is -2.29. The second-order valence-corrected chi connectivity index (χ2v) is 5.19. The summed E-state index contributed by atoms with van der Waals surface area (Å²) in [6.45, 7) is 1.39. The SMILES string of the molecule is Cc1nn(-c2ccccc2)c(Cl)c1C(=O)OCC(=O)NCCC#N. The molecule has 0 fully saturated rings. The number of para-hydroxylation sites is 1. The molecule has 1 aromatic carbocycles. The van der Waals surface area contributed by atoms with Gasteiger partial charge in [-0.2, -0.15) is 10.4 Å². The minimum Gasteiger partial charge on any atom is -0.452 e. The third-order valence-corrected chi connectivity index (χ3v) is 3.45. The predicted molar refractivity (Wildman–Crippen MR) is 86.8 cm³/mol. The number of esters is 1. The van der Waals surface area contributed by atoms with Crippen LogP contribution in [0.1, 0.15) is 22.5 Å². The number of hydrogen-bond donors (Lipinski definition) is 1. The van der Waals surface area contributed by atoms with Gasteiger partial charge in [0.05, 0.1) is 23.9 Å². The third kappa shape index (κ3) is 4.12. The second-order valence-electron chi connectivity index (χ2n) is 4.83. The van der Waals surface area contributed by atoms with Crippen LogP contribution in [0.15, 0.2) is 30.3 Å². The number of hydrogen-bond acceptors (Lipinski definition) is 5. The minimum absolute atomic E-state index is 0.116. The number of aryl methyl sites for hydroxylation is 1. The molecule has 2 aromatic rings. The van der Waals surface area contributed by atoms with Gasteiger partial charge in [-0.05, 0) is 19.1 Å². The zero-order valence-electron chi connectivity index (χ0n) is 13.0. The molecule has 0 saturated carbocycles. The van der Waals surface area contributed by atoms with E-state index >= 15 is 0 Å². The van der Waals surface area contributed by atoms with E-state index in [1.807, 2.05) is 24.3 Å². The molecule has 7 nitrogen and oxygen atoms in total. The number of carbonyl (C=O) groups is 2. The number of nitriles is 1. The van der Waals surface area contributed by atoms with Crippen molar-refractivity contribution < 1.29 is 14.3 Å². The Bertz CT molecular complexity index is 781. The summed E-state index contributed by atoms with van der Waals surface area (Å²) in [4.78, 5) is 23.7. The normalized spacial score (nSPS) is 10.0. The van der Waals surface area contributed by atoms with Crippen molar-refractivity contribution in [2.45, 2.75) is 13.3 Å². The topological polar surface area (TPSA) is 97.0 Å². The minimum atomic E-state index is -0.727. The molecule has 24 heavy (non-hydrogen) atoms. The molecule has 1 aromatic heterocycles. The zero-order valence-corrected chi connectivity index (χ0v) is 13.7. The van der Waals surface area contributed by atoms with Crippen LogP contribution in [-0.2, 0) is 9.53 Å². The van der Waals surface area contributed by atoms with Crippen molar-refractivity contribution in [1.82, 2.24) is 15.1 Å². The van der Waals surface area contributed by atoms with Gasteiger partial charge in [0.15, 0.2) is 6.61 Å². The van der Waals surface area contributed by atoms with E-state index in [1.165, 1.54) is 4.68 Å². The first-order chi connectivity index (χ1) is 11.5. The number of aromatic nitrogens is 2. The van der Waals surface area contributed by atoms with Gasteiger partial charge in [0, 0.05) is 6.54 Å². The summed E-state index contributed by atoms with van der Waals surface area (Å²) in [6, 6.07) is 11.0. The maximum Gasteiger partial charge on any atom is 0.343 e. The quantitative estimate of drug-likeness (QED) is 0.637. The third-order valence-electron chi connectivity index (χ3n) is 3.10. The summed E-state index contributed by atoms with van der Waals surface area (Å²) < 4.78 is 6.39. The van der Waals surface area contributed by atoms with Crippen LogP contribution in [0.2, 0.25) is 5.15 Å². The monoisotopic (exact) mass is 346 g/mol. The van der Waals surface area contributed by atoms with Crippen LogP contribution in [0, 0.1) is 18.3 Å². The molecule has 0 unspecified atom stereocenters. The zero-order chi connectivity index (χ0) is 17.5. The average Bonchev–Trinajstić information content (AvgIpc) is 2.88. The van der Waals surface area contributed by atoms with Gasteiger partial charge < -0.3 is 10.1 Å². The summed E-state index contributed by atoms with van der Waals surface area (Å²) in [7, 11) is 0. The Hall–Kier alpha value is -2.85. The fourth-order valence-electron chi connectivity index (χ4n) is 1.98. The van der Waals surface area contributed by atoms with Crippen LogP contribution < -0.4 is 5.32 Å². The first-order valence-electron chi connectivity index (χ1n) is 7.16. The Balaban J connectivity index is 2.07. The maximum atomic E-state index is 12.2. The lowest BCUT2D eigenvalue weighted by atomic mass is 10.2. The summed E-state index contributed by atoms with van der Waals surface area (Å²) in [5.41, 5.74) is 1.22.